The minimum Gasteiger partial charge on any atom is -0.496 e. The third-order valence-corrected chi connectivity index (χ3v) is 3.78. The van der Waals surface area contributed by atoms with E-state index >= 15 is 0 Å². The summed E-state index contributed by atoms with van der Waals surface area (Å²) in [6, 6.07) is 11.9. The maximum atomic E-state index is 10.7. The van der Waals surface area contributed by atoms with E-state index in [4.69, 9.17) is 4.74 Å². The summed E-state index contributed by atoms with van der Waals surface area (Å²) in [5.74, 6) is 1.55. The van der Waals surface area contributed by atoms with Crippen LogP contribution >= 0.6 is 0 Å². The van der Waals surface area contributed by atoms with E-state index in [2.05, 4.69) is 4.98 Å². The maximum absolute atomic E-state index is 10.7. The van der Waals surface area contributed by atoms with Crippen LogP contribution in [-0.2, 0) is 13.5 Å². The molecule has 0 aliphatic carbocycles. The highest BCUT2D eigenvalue weighted by Gasteiger charge is 2.18. The largest absolute Gasteiger partial charge is 0.496 e. The normalized spacial score (nSPS) is 12.5. The molecule has 1 heterocycles. The second kappa shape index (κ2) is 5.58. The molecule has 4 heteroatoms. The third-order valence-electron chi connectivity index (χ3n) is 3.78. The van der Waals surface area contributed by atoms with E-state index in [1.54, 1.807) is 13.3 Å². The summed E-state index contributed by atoms with van der Waals surface area (Å²) < 4.78 is 7.35. The van der Waals surface area contributed by atoms with Crippen LogP contribution in [0.4, 0.5) is 0 Å². The number of imidazole rings is 1. The smallest absolute Gasteiger partial charge is 0.125 e. The maximum Gasteiger partial charge on any atom is 0.125 e. The summed E-state index contributed by atoms with van der Waals surface area (Å²) in [4.78, 5) is 4.28. The molecule has 0 aliphatic heterocycles. The van der Waals surface area contributed by atoms with Crippen molar-refractivity contribution in [3.05, 3.63) is 60.2 Å². The molecule has 1 aromatic heterocycles. The van der Waals surface area contributed by atoms with Crippen molar-refractivity contribution in [3.8, 4) is 5.75 Å². The number of nitrogens with zero attached hydrogens (tertiary/aromatic N) is 2. The Morgan fingerprint density at radius 3 is 2.76 bits per heavy atom. The Morgan fingerprint density at radius 2 is 2.05 bits per heavy atom. The summed E-state index contributed by atoms with van der Waals surface area (Å²) >= 11 is 0. The van der Waals surface area contributed by atoms with E-state index in [0.717, 1.165) is 22.2 Å². The zero-order valence-electron chi connectivity index (χ0n) is 12.2. The van der Waals surface area contributed by atoms with E-state index in [0.29, 0.717) is 12.2 Å². The first-order chi connectivity index (χ1) is 10.2. The number of hydrogen-bond donors (Lipinski definition) is 1. The van der Waals surface area contributed by atoms with Gasteiger partial charge >= 0.3 is 0 Å². The minimum atomic E-state index is -0.660. The van der Waals surface area contributed by atoms with Crippen molar-refractivity contribution in [2.45, 2.75) is 12.5 Å². The molecule has 1 atom stereocenters. The van der Waals surface area contributed by atoms with Crippen LogP contribution < -0.4 is 4.74 Å². The number of aryl methyl sites for hydroxylation is 1. The minimum absolute atomic E-state index is 0.452. The van der Waals surface area contributed by atoms with Crippen molar-refractivity contribution in [2.24, 2.45) is 7.05 Å². The molecule has 0 spiro atoms. The predicted molar refractivity (Wildman–Crippen MR) is 82.4 cm³/mol. The second-order valence-electron chi connectivity index (χ2n) is 5.08. The van der Waals surface area contributed by atoms with Crippen molar-refractivity contribution in [1.82, 2.24) is 9.55 Å². The molecule has 0 radical (unpaired) electrons. The van der Waals surface area contributed by atoms with Gasteiger partial charge in [0.15, 0.2) is 0 Å². The van der Waals surface area contributed by atoms with Gasteiger partial charge in [-0.1, -0.05) is 30.3 Å². The van der Waals surface area contributed by atoms with Gasteiger partial charge in [0.2, 0.25) is 0 Å². The predicted octanol–water partition coefficient (Wildman–Crippen LogP) is 2.86. The number of ether oxygens (including phenoxy) is 1. The topological polar surface area (TPSA) is 47.3 Å². The average Bonchev–Trinajstić information content (AvgIpc) is 2.91. The Balaban J connectivity index is 2.07. The number of aromatic nitrogens is 2. The molecular weight excluding hydrogens is 264 g/mol. The molecule has 0 bridgehead atoms. The van der Waals surface area contributed by atoms with E-state index in [9.17, 15) is 5.11 Å². The first-order valence-corrected chi connectivity index (χ1v) is 6.90. The van der Waals surface area contributed by atoms with Crippen molar-refractivity contribution < 1.29 is 9.84 Å². The monoisotopic (exact) mass is 282 g/mol. The summed E-state index contributed by atoms with van der Waals surface area (Å²) in [5.41, 5.74) is 0.818. The van der Waals surface area contributed by atoms with E-state index in [1.807, 2.05) is 54.2 Å². The van der Waals surface area contributed by atoms with Gasteiger partial charge in [-0.05, 0) is 16.8 Å². The zero-order chi connectivity index (χ0) is 14.8. The van der Waals surface area contributed by atoms with Gasteiger partial charge in [0.25, 0.3) is 0 Å². The van der Waals surface area contributed by atoms with Crippen LogP contribution in [0.1, 0.15) is 17.5 Å². The lowest BCUT2D eigenvalue weighted by Gasteiger charge is -2.17. The van der Waals surface area contributed by atoms with Gasteiger partial charge in [0.1, 0.15) is 11.6 Å². The van der Waals surface area contributed by atoms with Crippen LogP contribution in [-0.4, -0.2) is 21.8 Å². The van der Waals surface area contributed by atoms with Gasteiger partial charge in [-0.15, -0.1) is 0 Å². The summed E-state index contributed by atoms with van der Waals surface area (Å²) in [7, 11) is 3.55. The van der Waals surface area contributed by atoms with E-state index in [-0.39, 0.29) is 0 Å². The molecule has 4 nitrogen and oxygen atoms in total. The molecule has 1 N–H and O–H groups in total. The van der Waals surface area contributed by atoms with Crippen LogP contribution in [0.3, 0.4) is 0 Å². The summed E-state index contributed by atoms with van der Waals surface area (Å²) in [6.07, 6.45) is 3.41. The van der Waals surface area contributed by atoms with Gasteiger partial charge in [-0.25, -0.2) is 4.98 Å². The lowest BCUT2D eigenvalue weighted by Crippen LogP contribution is -2.08. The Bertz CT molecular complexity index is 764. The second-order valence-corrected chi connectivity index (χ2v) is 5.08. The van der Waals surface area contributed by atoms with Crippen LogP contribution in [0, 0.1) is 0 Å². The molecule has 1 unspecified atom stereocenters. The van der Waals surface area contributed by atoms with Crippen molar-refractivity contribution in [1.29, 1.82) is 0 Å². The number of aliphatic hydroxyl groups is 1. The lowest BCUT2D eigenvalue weighted by molar-refractivity contribution is 0.172. The fourth-order valence-corrected chi connectivity index (χ4v) is 2.67. The number of methoxy groups -OCH3 is 1. The zero-order valence-corrected chi connectivity index (χ0v) is 12.2. The van der Waals surface area contributed by atoms with Gasteiger partial charge in [-0.2, -0.15) is 0 Å². The number of rotatable bonds is 4. The fourth-order valence-electron chi connectivity index (χ4n) is 2.67. The molecule has 0 saturated carbocycles. The molecular formula is C17H18N2O2. The van der Waals surface area contributed by atoms with Crippen molar-refractivity contribution >= 4 is 10.8 Å². The van der Waals surface area contributed by atoms with Gasteiger partial charge < -0.3 is 14.4 Å². The number of hydrogen-bond acceptors (Lipinski definition) is 3. The van der Waals surface area contributed by atoms with E-state index < -0.39 is 6.10 Å². The van der Waals surface area contributed by atoms with Gasteiger partial charge in [-0.3, -0.25) is 0 Å². The quantitative estimate of drug-likeness (QED) is 0.800. The van der Waals surface area contributed by atoms with Crippen LogP contribution in [0.5, 0.6) is 5.75 Å². The Morgan fingerprint density at radius 1 is 1.24 bits per heavy atom. The number of fused-ring (bicyclic) bond motifs is 1. The SMILES string of the molecule is COc1ccc2ccccc2c1C(O)Cc1nccn1C. The van der Waals surface area contributed by atoms with Crippen LogP contribution in [0.25, 0.3) is 10.8 Å². The molecule has 0 aliphatic rings. The summed E-state index contributed by atoms with van der Waals surface area (Å²) in [6.45, 7) is 0. The molecule has 3 rings (SSSR count). The number of aliphatic hydroxyl groups excluding tert-OH is 1. The lowest BCUT2D eigenvalue weighted by atomic mass is 9.97. The average molecular weight is 282 g/mol. The van der Waals surface area contributed by atoms with Gasteiger partial charge in [0, 0.05) is 31.4 Å². The van der Waals surface area contributed by atoms with Crippen molar-refractivity contribution in [3.63, 3.8) is 0 Å². The molecule has 0 fully saturated rings. The highest BCUT2D eigenvalue weighted by molar-refractivity contribution is 5.88. The summed E-state index contributed by atoms with van der Waals surface area (Å²) in [5, 5.41) is 12.8. The molecule has 2 aromatic carbocycles. The van der Waals surface area contributed by atoms with E-state index in [1.165, 1.54) is 0 Å². The Hall–Kier alpha value is -2.33. The highest BCUT2D eigenvalue weighted by atomic mass is 16.5. The fraction of sp³-hybridized carbons (Fsp3) is 0.235. The first-order valence-electron chi connectivity index (χ1n) is 6.90. The molecule has 21 heavy (non-hydrogen) atoms. The van der Waals surface area contributed by atoms with Crippen molar-refractivity contribution in [2.75, 3.05) is 7.11 Å². The highest BCUT2D eigenvalue weighted by Crippen LogP contribution is 2.34. The number of benzene rings is 2. The van der Waals surface area contributed by atoms with Crippen LogP contribution in [0.2, 0.25) is 0 Å². The first kappa shape index (κ1) is 13.6. The molecule has 108 valence electrons. The molecule has 0 amide bonds. The van der Waals surface area contributed by atoms with Gasteiger partial charge in [0.05, 0.1) is 13.2 Å². The molecule has 0 saturated heterocycles. The Labute approximate surface area is 123 Å². The Kier molecular flexibility index (Phi) is 3.62. The standard InChI is InChI=1S/C17H18N2O2/c1-19-10-9-18-16(19)11-14(20)17-13-6-4-3-5-12(13)7-8-15(17)21-2/h3-10,14,20H,11H2,1-2H3. The third kappa shape index (κ3) is 2.50. The van der Waals surface area contributed by atoms with Crippen LogP contribution in [0.15, 0.2) is 48.8 Å². The molecule has 3 aromatic rings.